The molecule has 0 radical (unpaired) electrons. The van der Waals surface area contributed by atoms with Gasteiger partial charge in [0.25, 0.3) is 0 Å². The van der Waals surface area contributed by atoms with E-state index in [0.29, 0.717) is 0 Å². The molecule has 5 rings (SSSR count). The van der Waals surface area contributed by atoms with Crippen LogP contribution in [-0.2, 0) is 0 Å². The predicted molar refractivity (Wildman–Crippen MR) is 178 cm³/mol. The molecule has 2 nitrogen and oxygen atoms in total. The smallest absolute Gasteiger partial charge is 0.0464 e. The van der Waals surface area contributed by atoms with Gasteiger partial charge in [0.2, 0.25) is 0 Å². The quantitative estimate of drug-likeness (QED) is 0.174. The SMILES string of the molecule is C=C/C=C\C=C(/C)N(c1ccc(-c2ccc(N(c3ccccc3)c3cccc(C)c3)cc2)cc1)c1cccc(C)c1. The molecule has 5 aromatic carbocycles. The topological polar surface area (TPSA) is 6.48 Å². The number of aryl methyl sites for hydroxylation is 2. The molecule has 5 aromatic rings. The molecule has 2 heteroatoms. The van der Waals surface area contributed by atoms with Crippen molar-refractivity contribution in [2.24, 2.45) is 0 Å². The van der Waals surface area contributed by atoms with E-state index in [1.54, 1.807) is 6.08 Å². The van der Waals surface area contributed by atoms with Crippen LogP contribution in [0.3, 0.4) is 0 Å². The van der Waals surface area contributed by atoms with Crippen molar-refractivity contribution in [3.63, 3.8) is 0 Å². The summed E-state index contributed by atoms with van der Waals surface area (Å²) in [4.78, 5) is 4.59. The van der Waals surface area contributed by atoms with Gasteiger partial charge in [0.15, 0.2) is 0 Å². The lowest BCUT2D eigenvalue weighted by molar-refractivity contribution is 1.15. The van der Waals surface area contributed by atoms with E-state index in [0.717, 1.165) is 34.1 Å². The number of anilines is 5. The summed E-state index contributed by atoms with van der Waals surface area (Å²) in [5, 5.41) is 0. The zero-order chi connectivity index (χ0) is 28.6. The second-order valence-corrected chi connectivity index (χ2v) is 10.2. The number of hydrogen-bond donors (Lipinski definition) is 0. The summed E-state index contributed by atoms with van der Waals surface area (Å²) < 4.78 is 0. The molecule has 0 heterocycles. The monoisotopic (exact) mass is 532 g/mol. The van der Waals surface area contributed by atoms with Gasteiger partial charge in [0, 0.05) is 34.1 Å². The number of benzene rings is 5. The minimum atomic E-state index is 1.12. The maximum atomic E-state index is 3.79. The highest BCUT2D eigenvalue weighted by molar-refractivity contribution is 5.79. The fourth-order valence-electron chi connectivity index (χ4n) is 5.07. The van der Waals surface area contributed by atoms with Gasteiger partial charge in [-0.15, -0.1) is 0 Å². The first kappa shape index (κ1) is 27.5. The summed E-state index contributed by atoms with van der Waals surface area (Å²) in [5.41, 5.74) is 11.6. The van der Waals surface area contributed by atoms with Gasteiger partial charge in [-0.05, 0) is 110 Å². The first-order chi connectivity index (χ1) is 20.0. The van der Waals surface area contributed by atoms with E-state index in [1.165, 1.54) is 22.3 Å². The van der Waals surface area contributed by atoms with Crippen LogP contribution in [-0.4, -0.2) is 0 Å². The molecule has 41 heavy (non-hydrogen) atoms. The molecule has 0 N–H and O–H groups in total. The van der Waals surface area contributed by atoms with E-state index in [1.807, 2.05) is 12.2 Å². The molecule has 0 atom stereocenters. The molecule has 0 spiro atoms. The Labute approximate surface area is 244 Å². The zero-order valence-corrected chi connectivity index (χ0v) is 24.0. The van der Waals surface area contributed by atoms with Crippen molar-refractivity contribution >= 4 is 28.4 Å². The van der Waals surface area contributed by atoms with Crippen LogP contribution in [0.5, 0.6) is 0 Å². The van der Waals surface area contributed by atoms with Gasteiger partial charge in [-0.1, -0.05) is 91.5 Å². The van der Waals surface area contributed by atoms with E-state index in [4.69, 9.17) is 0 Å². The molecule has 0 bridgehead atoms. The molecule has 0 saturated heterocycles. The lowest BCUT2D eigenvalue weighted by Crippen LogP contribution is -2.14. The van der Waals surface area contributed by atoms with E-state index >= 15 is 0 Å². The predicted octanol–water partition coefficient (Wildman–Crippen LogP) is 11.2. The van der Waals surface area contributed by atoms with E-state index in [9.17, 15) is 0 Å². The van der Waals surface area contributed by atoms with Crippen LogP contribution in [0.15, 0.2) is 164 Å². The molecule has 0 aliphatic carbocycles. The van der Waals surface area contributed by atoms with Crippen LogP contribution < -0.4 is 9.80 Å². The largest absolute Gasteiger partial charge is 0.315 e. The summed E-state index contributed by atoms with van der Waals surface area (Å²) in [5.74, 6) is 0. The molecule has 0 amide bonds. The second kappa shape index (κ2) is 12.8. The number of hydrogen-bond acceptors (Lipinski definition) is 2. The van der Waals surface area contributed by atoms with Crippen molar-refractivity contribution in [1.82, 2.24) is 0 Å². The van der Waals surface area contributed by atoms with Crippen LogP contribution in [0.1, 0.15) is 18.1 Å². The number of para-hydroxylation sites is 1. The Morgan fingerprint density at radius 2 is 1.05 bits per heavy atom. The fourth-order valence-corrected chi connectivity index (χ4v) is 5.07. The average molecular weight is 533 g/mol. The molecular formula is C39H36N2. The summed E-state index contributed by atoms with van der Waals surface area (Å²) in [6.07, 6.45) is 7.88. The lowest BCUT2D eigenvalue weighted by Gasteiger charge is -2.27. The van der Waals surface area contributed by atoms with Crippen LogP contribution in [0.4, 0.5) is 28.4 Å². The standard InChI is InChI=1S/C39H36N2/c1-5-6-8-15-32(4)40(38-18-11-13-30(2)28-38)36-24-20-33(21-25-36)34-22-26-37(27-23-34)41(35-16-9-7-10-17-35)39-19-12-14-31(3)29-39/h5-29H,1H2,2-4H3/b8-6-,32-15+. The van der Waals surface area contributed by atoms with E-state index < -0.39 is 0 Å². The van der Waals surface area contributed by atoms with Gasteiger partial charge in [-0.3, -0.25) is 0 Å². The van der Waals surface area contributed by atoms with Crippen molar-refractivity contribution in [2.45, 2.75) is 20.8 Å². The number of allylic oxidation sites excluding steroid dienone is 5. The lowest BCUT2D eigenvalue weighted by atomic mass is 10.0. The Kier molecular flexibility index (Phi) is 8.61. The van der Waals surface area contributed by atoms with Crippen molar-refractivity contribution in [2.75, 3.05) is 9.80 Å². The summed E-state index contributed by atoms with van der Waals surface area (Å²) in [6, 6.07) is 45.4. The second-order valence-electron chi connectivity index (χ2n) is 10.2. The molecule has 0 aliphatic heterocycles. The van der Waals surface area contributed by atoms with E-state index in [-0.39, 0.29) is 0 Å². The van der Waals surface area contributed by atoms with Gasteiger partial charge in [-0.2, -0.15) is 0 Å². The van der Waals surface area contributed by atoms with Gasteiger partial charge in [-0.25, -0.2) is 0 Å². The number of rotatable bonds is 9. The Balaban J connectivity index is 1.46. The molecular weight excluding hydrogens is 496 g/mol. The minimum Gasteiger partial charge on any atom is -0.315 e. The van der Waals surface area contributed by atoms with Gasteiger partial charge in [0.05, 0.1) is 0 Å². The summed E-state index contributed by atoms with van der Waals surface area (Å²) >= 11 is 0. The van der Waals surface area contributed by atoms with E-state index in [2.05, 4.69) is 171 Å². The Bertz CT molecular complexity index is 1660. The third-order valence-corrected chi connectivity index (χ3v) is 7.06. The van der Waals surface area contributed by atoms with Crippen LogP contribution >= 0.6 is 0 Å². The highest BCUT2D eigenvalue weighted by atomic mass is 15.1. The van der Waals surface area contributed by atoms with Crippen molar-refractivity contribution in [3.05, 3.63) is 175 Å². The maximum Gasteiger partial charge on any atom is 0.0464 e. The molecule has 0 fully saturated rings. The maximum absolute atomic E-state index is 3.79. The normalized spacial score (nSPS) is 11.4. The number of nitrogens with zero attached hydrogens (tertiary/aromatic N) is 2. The van der Waals surface area contributed by atoms with Crippen molar-refractivity contribution in [3.8, 4) is 11.1 Å². The minimum absolute atomic E-state index is 1.12. The molecule has 202 valence electrons. The molecule has 0 aromatic heterocycles. The summed E-state index contributed by atoms with van der Waals surface area (Å²) in [7, 11) is 0. The zero-order valence-electron chi connectivity index (χ0n) is 24.0. The summed E-state index contributed by atoms with van der Waals surface area (Å²) in [6.45, 7) is 10.2. The molecule has 0 aliphatic rings. The average Bonchev–Trinajstić information content (AvgIpc) is 2.99. The highest BCUT2D eigenvalue weighted by Crippen LogP contribution is 2.37. The van der Waals surface area contributed by atoms with Gasteiger partial charge >= 0.3 is 0 Å². The van der Waals surface area contributed by atoms with Crippen LogP contribution in [0, 0.1) is 13.8 Å². The third kappa shape index (κ3) is 6.57. The van der Waals surface area contributed by atoms with Crippen LogP contribution in [0.2, 0.25) is 0 Å². The van der Waals surface area contributed by atoms with Crippen LogP contribution in [0.25, 0.3) is 11.1 Å². The third-order valence-electron chi connectivity index (χ3n) is 7.06. The Hall–Kier alpha value is -5.08. The Morgan fingerprint density at radius 1 is 0.537 bits per heavy atom. The first-order valence-electron chi connectivity index (χ1n) is 14.0. The first-order valence-corrected chi connectivity index (χ1v) is 14.0. The molecule has 0 unspecified atom stereocenters. The Morgan fingerprint density at radius 3 is 1.63 bits per heavy atom. The molecule has 0 saturated carbocycles. The van der Waals surface area contributed by atoms with Gasteiger partial charge < -0.3 is 9.80 Å². The van der Waals surface area contributed by atoms with Gasteiger partial charge in [0.1, 0.15) is 0 Å². The highest BCUT2D eigenvalue weighted by Gasteiger charge is 2.14. The fraction of sp³-hybridized carbons (Fsp3) is 0.0769. The van der Waals surface area contributed by atoms with Crippen molar-refractivity contribution < 1.29 is 0 Å². The van der Waals surface area contributed by atoms with Crippen molar-refractivity contribution in [1.29, 1.82) is 0 Å².